The van der Waals surface area contributed by atoms with Crippen molar-refractivity contribution in [3.63, 3.8) is 0 Å². The summed E-state index contributed by atoms with van der Waals surface area (Å²) in [7, 11) is -3.80. The van der Waals surface area contributed by atoms with E-state index in [4.69, 9.17) is 4.74 Å². The Morgan fingerprint density at radius 3 is 2.68 bits per heavy atom. The summed E-state index contributed by atoms with van der Waals surface area (Å²) in [6.07, 6.45) is 2.94. The maximum absolute atomic E-state index is 13.6. The van der Waals surface area contributed by atoms with E-state index in [1.165, 1.54) is 11.1 Å². The van der Waals surface area contributed by atoms with Gasteiger partial charge in [0.15, 0.2) is 0 Å². The highest BCUT2D eigenvalue weighted by Crippen LogP contribution is 2.36. The van der Waals surface area contributed by atoms with Gasteiger partial charge in [0.2, 0.25) is 15.9 Å². The van der Waals surface area contributed by atoms with Crippen LogP contribution in [-0.2, 0) is 23.1 Å². The van der Waals surface area contributed by atoms with Crippen LogP contribution in [0, 0.1) is 6.92 Å². The summed E-state index contributed by atoms with van der Waals surface area (Å²) in [5.41, 5.74) is 3.11. The van der Waals surface area contributed by atoms with E-state index in [1.807, 2.05) is 24.3 Å². The lowest BCUT2D eigenvalue weighted by Crippen LogP contribution is -2.46. The van der Waals surface area contributed by atoms with Crippen molar-refractivity contribution in [2.24, 2.45) is 0 Å². The normalized spacial score (nSPS) is 22.9. The van der Waals surface area contributed by atoms with E-state index >= 15 is 0 Å². The van der Waals surface area contributed by atoms with Crippen molar-refractivity contribution >= 4 is 10.0 Å². The van der Waals surface area contributed by atoms with Gasteiger partial charge in [-0.1, -0.05) is 35.9 Å². The highest BCUT2D eigenvalue weighted by Gasteiger charge is 2.47. The second-order valence-corrected chi connectivity index (χ2v) is 9.94. The fourth-order valence-electron chi connectivity index (χ4n) is 4.39. The van der Waals surface area contributed by atoms with Crippen LogP contribution in [0.4, 0.5) is 0 Å². The van der Waals surface area contributed by atoms with Crippen molar-refractivity contribution < 1.29 is 13.2 Å². The van der Waals surface area contributed by atoms with Crippen LogP contribution in [0.15, 0.2) is 71.9 Å². The molecule has 0 N–H and O–H groups in total. The summed E-state index contributed by atoms with van der Waals surface area (Å²) < 4.78 is 35.0. The number of sulfonamides is 1. The van der Waals surface area contributed by atoms with Gasteiger partial charge in [0.1, 0.15) is 11.0 Å². The summed E-state index contributed by atoms with van der Waals surface area (Å²) >= 11 is 0. The first-order valence-electron chi connectivity index (χ1n) is 10.3. The molecule has 8 heteroatoms. The van der Waals surface area contributed by atoms with Crippen LogP contribution in [0.5, 0.6) is 5.88 Å². The lowest BCUT2D eigenvalue weighted by Gasteiger charge is -2.27. The number of rotatable bonds is 4. The van der Waals surface area contributed by atoms with Crippen LogP contribution < -0.4 is 4.74 Å². The highest BCUT2D eigenvalue weighted by molar-refractivity contribution is 7.89. The average Bonchev–Trinajstić information content (AvgIpc) is 3.11. The minimum atomic E-state index is -3.80. The molecule has 2 aromatic heterocycles. The number of hydrogen-bond acceptors (Lipinski definition) is 6. The largest absolute Gasteiger partial charge is 0.470 e. The first-order chi connectivity index (χ1) is 15.0. The van der Waals surface area contributed by atoms with Crippen molar-refractivity contribution in [3.05, 3.63) is 83.8 Å². The molecule has 1 aromatic carbocycles. The Bertz CT molecular complexity index is 1190. The van der Waals surface area contributed by atoms with E-state index in [9.17, 15) is 8.42 Å². The fraction of sp³-hybridized carbons (Fsp3) is 0.304. The van der Waals surface area contributed by atoms with Gasteiger partial charge in [-0.25, -0.2) is 13.4 Å². The fourth-order valence-corrected chi connectivity index (χ4v) is 6.07. The van der Waals surface area contributed by atoms with Crippen LogP contribution in [0.25, 0.3) is 0 Å². The lowest BCUT2D eigenvalue weighted by molar-refractivity contribution is 0.143. The molecule has 0 aliphatic carbocycles. The molecule has 0 unspecified atom stereocenters. The van der Waals surface area contributed by atoms with Gasteiger partial charge in [0, 0.05) is 32.0 Å². The molecule has 0 radical (unpaired) electrons. The minimum absolute atomic E-state index is 0.116. The second-order valence-electron chi connectivity index (χ2n) is 8.08. The molecule has 7 nitrogen and oxygen atoms in total. The molecule has 1 fully saturated rings. The van der Waals surface area contributed by atoms with Gasteiger partial charge in [0.05, 0.1) is 18.3 Å². The summed E-state index contributed by atoms with van der Waals surface area (Å²) in [6, 6.07) is 16.8. The molecule has 160 valence electrons. The number of likely N-dealkylation sites (tertiary alicyclic amines) is 1. The Morgan fingerprint density at radius 1 is 1.00 bits per heavy atom. The molecule has 4 heterocycles. The quantitative estimate of drug-likeness (QED) is 0.626. The lowest BCUT2D eigenvalue weighted by atomic mass is 10.1. The Labute approximate surface area is 182 Å². The van der Waals surface area contributed by atoms with Crippen molar-refractivity contribution in [2.45, 2.75) is 37.1 Å². The molecule has 2 atom stereocenters. The van der Waals surface area contributed by atoms with E-state index < -0.39 is 10.0 Å². The summed E-state index contributed by atoms with van der Waals surface area (Å²) in [5, 5.41) is 0. The molecule has 0 saturated carbocycles. The number of nitrogens with zero attached hydrogens (tertiary/aromatic N) is 4. The van der Waals surface area contributed by atoms with E-state index in [0.29, 0.717) is 18.8 Å². The van der Waals surface area contributed by atoms with Crippen molar-refractivity contribution in [3.8, 4) is 5.88 Å². The van der Waals surface area contributed by atoms with Crippen molar-refractivity contribution in [1.29, 1.82) is 0 Å². The zero-order chi connectivity index (χ0) is 21.4. The Morgan fingerprint density at radius 2 is 1.87 bits per heavy atom. The number of fused-ring (bicyclic) bond motifs is 2. The van der Waals surface area contributed by atoms with Crippen molar-refractivity contribution in [1.82, 2.24) is 19.2 Å². The molecule has 2 aliphatic rings. The number of benzene rings is 1. The van der Waals surface area contributed by atoms with Crippen LogP contribution in [0.3, 0.4) is 0 Å². The second kappa shape index (κ2) is 8.03. The zero-order valence-corrected chi connectivity index (χ0v) is 18.1. The molecule has 31 heavy (non-hydrogen) atoms. The third-order valence-electron chi connectivity index (χ3n) is 5.80. The highest BCUT2D eigenvalue weighted by atomic mass is 32.2. The SMILES string of the molecule is Cc1cccc(CN2C[C@@H]3[C@@H](C2)Oc2ncccc2S(=O)(=O)N3Cc2ccccn2)c1. The van der Waals surface area contributed by atoms with Gasteiger partial charge in [-0.2, -0.15) is 4.31 Å². The molecule has 1 saturated heterocycles. The topological polar surface area (TPSA) is 75.6 Å². The van der Waals surface area contributed by atoms with Gasteiger partial charge < -0.3 is 4.74 Å². The monoisotopic (exact) mass is 436 g/mol. The zero-order valence-electron chi connectivity index (χ0n) is 17.3. The molecule has 0 bridgehead atoms. The molecule has 0 amide bonds. The summed E-state index contributed by atoms with van der Waals surface area (Å²) in [4.78, 5) is 11.0. The minimum Gasteiger partial charge on any atom is -0.470 e. The van der Waals surface area contributed by atoms with E-state index in [-0.39, 0.29) is 29.5 Å². The Hall–Kier alpha value is -2.81. The maximum atomic E-state index is 13.6. The number of aromatic nitrogens is 2. The third kappa shape index (κ3) is 3.94. The molecule has 2 aliphatic heterocycles. The van der Waals surface area contributed by atoms with Crippen molar-refractivity contribution in [2.75, 3.05) is 13.1 Å². The van der Waals surface area contributed by atoms with Crippen LogP contribution in [0.1, 0.15) is 16.8 Å². The van der Waals surface area contributed by atoms with Crippen LogP contribution >= 0.6 is 0 Å². The number of pyridine rings is 2. The molecule has 0 spiro atoms. The molecular weight excluding hydrogens is 412 g/mol. The Balaban J connectivity index is 1.50. The smallest absolute Gasteiger partial charge is 0.249 e. The van der Waals surface area contributed by atoms with Gasteiger partial charge in [-0.15, -0.1) is 0 Å². The molecular formula is C23H24N4O3S. The van der Waals surface area contributed by atoms with E-state index in [0.717, 1.165) is 6.54 Å². The first kappa shape index (κ1) is 20.1. The first-order valence-corrected chi connectivity index (χ1v) is 11.8. The number of aryl methyl sites for hydroxylation is 1. The van der Waals surface area contributed by atoms with Gasteiger partial charge in [0.25, 0.3) is 0 Å². The van der Waals surface area contributed by atoms with Crippen LogP contribution in [-0.4, -0.2) is 52.8 Å². The summed E-state index contributed by atoms with van der Waals surface area (Å²) in [6.45, 7) is 4.22. The molecule has 5 rings (SSSR count). The predicted octanol–water partition coefficient (Wildman–Crippen LogP) is 2.62. The Kier molecular flexibility index (Phi) is 5.21. The number of ether oxygens (including phenoxy) is 1. The van der Waals surface area contributed by atoms with E-state index in [2.05, 4.69) is 40.0 Å². The standard InChI is InChI=1S/C23H24N4O3S/c1-17-6-4-7-18(12-17)13-26-15-20-21(16-26)30-23-22(9-5-11-25-23)31(28,29)27(20)14-19-8-2-3-10-24-19/h2-12,20-21H,13-16H2,1H3/t20-,21-/m1/s1. The molecule has 3 aromatic rings. The van der Waals surface area contributed by atoms with Gasteiger partial charge >= 0.3 is 0 Å². The van der Waals surface area contributed by atoms with Gasteiger partial charge in [-0.3, -0.25) is 9.88 Å². The number of hydrogen-bond donors (Lipinski definition) is 0. The third-order valence-corrected chi connectivity index (χ3v) is 7.68. The average molecular weight is 437 g/mol. The van der Waals surface area contributed by atoms with Gasteiger partial charge in [-0.05, 0) is 36.8 Å². The van der Waals surface area contributed by atoms with Crippen LogP contribution in [0.2, 0.25) is 0 Å². The van der Waals surface area contributed by atoms with E-state index in [1.54, 1.807) is 28.8 Å². The predicted molar refractivity (Wildman–Crippen MR) is 116 cm³/mol. The summed E-state index contributed by atoms with van der Waals surface area (Å²) in [5.74, 6) is 0.179. The maximum Gasteiger partial charge on any atom is 0.249 e.